The zero-order valence-corrected chi connectivity index (χ0v) is 15.8. The molecule has 0 aliphatic rings. The van der Waals surface area contributed by atoms with Crippen molar-refractivity contribution in [3.05, 3.63) is 30.3 Å². The summed E-state index contributed by atoms with van der Waals surface area (Å²) < 4.78 is 12.3. The average Bonchev–Trinajstić information content (AvgIpc) is 2.34. The van der Waals surface area contributed by atoms with E-state index in [2.05, 4.69) is 47.7 Å². The van der Waals surface area contributed by atoms with Crippen molar-refractivity contribution in [1.29, 1.82) is 0 Å². The first-order valence-corrected chi connectivity index (χ1v) is 10.8. The van der Waals surface area contributed by atoms with Gasteiger partial charge in [0.1, 0.15) is 11.4 Å². The maximum atomic E-state index is 6.22. The molecule has 0 radical (unpaired) electrons. The van der Waals surface area contributed by atoms with Crippen LogP contribution in [0.25, 0.3) is 0 Å². The summed E-state index contributed by atoms with van der Waals surface area (Å²) in [7, 11) is -1.62. The predicted molar refractivity (Wildman–Crippen MR) is 93.5 cm³/mol. The molecule has 0 spiro atoms. The van der Waals surface area contributed by atoms with Gasteiger partial charge in [0.15, 0.2) is 8.32 Å². The highest BCUT2D eigenvalue weighted by Gasteiger charge is 2.37. The predicted octanol–water partition coefficient (Wildman–Crippen LogP) is 5.65. The van der Waals surface area contributed by atoms with Gasteiger partial charge >= 0.3 is 0 Å². The van der Waals surface area contributed by atoms with Crippen molar-refractivity contribution in [2.75, 3.05) is 6.61 Å². The maximum absolute atomic E-state index is 6.22. The summed E-state index contributed by atoms with van der Waals surface area (Å²) in [5.74, 6) is 0.938. The van der Waals surface area contributed by atoms with Crippen molar-refractivity contribution in [3.8, 4) is 5.75 Å². The van der Waals surface area contributed by atoms with E-state index in [1.54, 1.807) is 0 Å². The van der Waals surface area contributed by atoms with Gasteiger partial charge in [-0.1, -0.05) is 39.0 Å². The quantitative estimate of drug-likeness (QED) is 0.479. The first-order chi connectivity index (χ1) is 9.54. The Hall–Kier alpha value is -0.803. The van der Waals surface area contributed by atoms with Gasteiger partial charge in [0, 0.05) is 6.61 Å². The minimum absolute atomic E-state index is 0.155. The van der Waals surface area contributed by atoms with Crippen LogP contribution in [-0.4, -0.2) is 20.5 Å². The van der Waals surface area contributed by atoms with Crippen LogP contribution >= 0.6 is 0 Å². The van der Waals surface area contributed by atoms with Gasteiger partial charge in [0.2, 0.25) is 0 Å². The maximum Gasteiger partial charge on any atom is 0.191 e. The lowest BCUT2D eigenvalue weighted by Crippen LogP contribution is -2.41. The van der Waals surface area contributed by atoms with Gasteiger partial charge in [-0.25, -0.2) is 0 Å². The van der Waals surface area contributed by atoms with Crippen molar-refractivity contribution < 1.29 is 9.16 Å². The van der Waals surface area contributed by atoms with Gasteiger partial charge in [-0.2, -0.15) is 0 Å². The third-order valence-electron chi connectivity index (χ3n) is 4.33. The van der Waals surface area contributed by atoms with Crippen LogP contribution in [0.5, 0.6) is 5.75 Å². The summed E-state index contributed by atoms with van der Waals surface area (Å²) in [5, 5.41) is 0.281. The molecule has 0 heterocycles. The van der Waals surface area contributed by atoms with E-state index in [1.807, 2.05) is 30.3 Å². The van der Waals surface area contributed by atoms with Gasteiger partial charge in [-0.3, -0.25) is 0 Å². The molecule has 0 bridgehead atoms. The standard InChI is InChI=1S/C18H32O2Si/c1-17(2,3)21(6,7)19-15-11-14-18(4,5)20-16-12-9-8-10-13-16/h8-10,12-13H,11,14-15H2,1-7H3. The number of rotatable bonds is 7. The summed E-state index contributed by atoms with van der Waals surface area (Å²) >= 11 is 0. The van der Waals surface area contributed by atoms with Crippen LogP contribution in [0, 0.1) is 0 Å². The van der Waals surface area contributed by atoms with Crippen LogP contribution in [0.1, 0.15) is 47.5 Å². The molecule has 120 valence electrons. The molecule has 0 unspecified atom stereocenters. The molecule has 21 heavy (non-hydrogen) atoms. The fourth-order valence-corrected chi connectivity index (χ4v) is 2.99. The Morgan fingerprint density at radius 2 is 1.52 bits per heavy atom. The third-order valence-corrected chi connectivity index (χ3v) is 8.87. The second-order valence-electron chi connectivity index (χ2n) is 7.89. The number of hydrogen-bond donors (Lipinski definition) is 0. The fraction of sp³-hybridized carbons (Fsp3) is 0.667. The summed E-state index contributed by atoms with van der Waals surface area (Å²) in [6.07, 6.45) is 2.03. The second kappa shape index (κ2) is 6.97. The van der Waals surface area contributed by atoms with Crippen LogP contribution in [-0.2, 0) is 4.43 Å². The molecule has 0 aromatic heterocycles. The Balaban J connectivity index is 2.38. The van der Waals surface area contributed by atoms with E-state index in [4.69, 9.17) is 9.16 Å². The Morgan fingerprint density at radius 3 is 2.05 bits per heavy atom. The van der Waals surface area contributed by atoms with Gasteiger partial charge in [-0.05, 0) is 57.0 Å². The lowest BCUT2D eigenvalue weighted by molar-refractivity contribution is 0.0902. The largest absolute Gasteiger partial charge is 0.488 e. The van der Waals surface area contributed by atoms with Crippen LogP contribution < -0.4 is 4.74 Å². The van der Waals surface area contributed by atoms with E-state index in [0.717, 1.165) is 25.2 Å². The first kappa shape index (κ1) is 18.2. The summed E-state index contributed by atoms with van der Waals surface area (Å²) in [6.45, 7) is 16.6. The van der Waals surface area contributed by atoms with E-state index >= 15 is 0 Å². The molecule has 3 heteroatoms. The molecule has 1 aromatic rings. The van der Waals surface area contributed by atoms with E-state index in [9.17, 15) is 0 Å². The smallest absolute Gasteiger partial charge is 0.191 e. The van der Waals surface area contributed by atoms with E-state index in [-0.39, 0.29) is 10.6 Å². The van der Waals surface area contributed by atoms with Crippen LogP contribution in [0.4, 0.5) is 0 Å². The van der Waals surface area contributed by atoms with Crippen molar-refractivity contribution >= 4 is 8.32 Å². The van der Waals surface area contributed by atoms with Crippen LogP contribution in [0.3, 0.4) is 0 Å². The summed E-state index contributed by atoms with van der Waals surface area (Å²) in [6, 6.07) is 10.0. The van der Waals surface area contributed by atoms with Gasteiger partial charge in [0.05, 0.1) is 0 Å². The third kappa shape index (κ3) is 6.23. The Morgan fingerprint density at radius 1 is 0.952 bits per heavy atom. The van der Waals surface area contributed by atoms with Crippen molar-refractivity contribution in [2.24, 2.45) is 0 Å². The Kier molecular flexibility index (Phi) is 6.06. The van der Waals surface area contributed by atoms with Gasteiger partial charge in [-0.15, -0.1) is 0 Å². The lowest BCUT2D eigenvalue weighted by atomic mass is 10.0. The number of benzene rings is 1. The molecule has 0 saturated heterocycles. The molecule has 2 nitrogen and oxygen atoms in total. The highest BCUT2D eigenvalue weighted by atomic mass is 28.4. The zero-order valence-electron chi connectivity index (χ0n) is 14.8. The number of hydrogen-bond acceptors (Lipinski definition) is 2. The lowest BCUT2D eigenvalue weighted by Gasteiger charge is -2.36. The summed E-state index contributed by atoms with van der Waals surface area (Å²) in [5.41, 5.74) is -0.155. The van der Waals surface area contributed by atoms with Gasteiger partial charge in [0.25, 0.3) is 0 Å². The fourth-order valence-electron chi connectivity index (χ4n) is 1.90. The minimum Gasteiger partial charge on any atom is -0.488 e. The van der Waals surface area contributed by atoms with E-state index in [1.165, 1.54) is 0 Å². The number of para-hydroxylation sites is 1. The van der Waals surface area contributed by atoms with E-state index < -0.39 is 8.32 Å². The molecular formula is C18H32O2Si. The molecule has 1 aromatic carbocycles. The molecule has 0 fully saturated rings. The second-order valence-corrected chi connectivity index (χ2v) is 12.7. The molecule has 0 aliphatic heterocycles. The van der Waals surface area contributed by atoms with E-state index in [0.29, 0.717) is 0 Å². The van der Waals surface area contributed by atoms with Crippen molar-refractivity contribution in [3.63, 3.8) is 0 Å². The minimum atomic E-state index is -1.62. The zero-order chi connectivity index (χ0) is 16.1. The average molecular weight is 309 g/mol. The molecule has 0 aliphatic carbocycles. The summed E-state index contributed by atoms with van der Waals surface area (Å²) in [4.78, 5) is 0. The Bertz CT molecular complexity index is 419. The highest BCUT2D eigenvalue weighted by molar-refractivity contribution is 6.74. The topological polar surface area (TPSA) is 18.5 Å². The SMILES string of the molecule is CC(C)(CCCO[Si](C)(C)C(C)(C)C)Oc1ccccc1. The van der Waals surface area contributed by atoms with Crippen LogP contribution in [0.15, 0.2) is 30.3 Å². The molecular weight excluding hydrogens is 276 g/mol. The Labute approximate surface area is 132 Å². The van der Waals surface area contributed by atoms with Gasteiger partial charge < -0.3 is 9.16 Å². The first-order valence-electron chi connectivity index (χ1n) is 7.92. The van der Waals surface area contributed by atoms with Crippen molar-refractivity contribution in [2.45, 2.75) is 71.2 Å². The molecule has 0 N–H and O–H groups in total. The number of ether oxygens (including phenoxy) is 1. The molecule has 0 atom stereocenters. The molecule has 0 saturated carbocycles. The van der Waals surface area contributed by atoms with Crippen LogP contribution in [0.2, 0.25) is 18.1 Å². The molecule has 0 amide bonds. The highest BCUT2D eigenvalue weighted by Crippen LogP contribution is 2.36. The van der Waals surface area contributed by atoms with Crippen molar-refractivity contribution in [1.82, 2.24) is 0 Å². The monoisotopic (exact) mass is 308 g/mol. The normalized spacial score (nSPS) is 13.3. The molecule has 1 rings (SSSR count).